The number of fused-ring (bicyclic) bond motifs is 1. The maximum atomic E-state index is 12.2. The third-order valence-corrected chi connectivity index (χ3v) is 5.26. The molecule has 1 aliphatic heterocycles. The van der Waals surface area contributed by atoms with Crippen molar-refractivity contribution in [1.29, 1.82) is 0 Å². The highest BCUT2D eigenvalue weighted by atomic mass is 32.2. The standard InChI is InChI=1S/C13H14N2O4S/c1-13(4-5-13)15-20(18,19)9-3-2-8-6-11(16)14-12(17)10(8)7-9/h2-3,7,15H,4-6H2,1H3,(H,14,16,17). The molecule has 1 aliphatic carbocycles. The maximum absolute atomic E-state index is 12.2. The molecule has 0 atom stereocenters. The van der Waals surface area contributed by atoms with Gasteiger partial charge in [-0.1, -0.05) is 6.07 Å². The Balaban J connectivity index is 1.98. The fourth-order valence-corrected chi connectivity index (χ4v) is 3.66. The van der Waals surface area contributed by atoms with E-state index in [4.69, 9.17) is 0 Å². The summed E-state index contributed by atoms with van der Waals surface area (Å²) in [5.74, 6) is -0.923. The summed E-state index contributed by atoms with van der Waals surface area (Å²) in [4.78, 5) is 23.0. The number of amides is 2. The average Bonchev–Trinajstić information content (AvgIpc) is 3.05. The largest absolute Gasteiger partial charge is 0.292 e. The molecular weight excluding hydrogens is 280 g/mol. The minimum atomic E-state index is -3.64. The van der Waals surface area contributed by atoms with E-state index in [1.807, 2.05) is 6.92 Å². The first-order valence-electron chi connectivity index (χ1n) is 6.30. The van der Waals surface area contributed by atoms with E-state index in [9.17, 15) is 18.0 Å². The summed E-state index contributed by atoms with van der Waals surface area (Å²) >= 11 is 0. The van der Waals surface area contributed by atoms with Gasteiger partial charge in [-0.2, -0.15) is 0 Å². The minimum absolute atomic E-state index is 0.0499. The van der Waals surface area contributed by atoms with Crippen molar-refractivity contribution in [3.63, 3.8) is 0 Å². The van der Waals surface area contributed by atoms with Crippen LogP contribution in [0.2, 0.25) is 0 Å². The number of hydrogen-bond donors (Lipinski definition) is 2. The summed E-state index contributed by atoms with van der Waals surface area (Å²) in [5, 5.41) is 2.18. The number of carbonyl (C=O) groups excluding carboxylic acids is 2. The molecule has 1 heterocycles. The Hall–Kier alpha value is -1.73. The lowest BCUT2D eigenvalue weighted by Crippen LogP contribution is -2.38. The summed E-state index contributed by atoms with van der Waals surface area (Å²) in [6.45, 7) is 1.84. The number of hydrogen-bond acceptors (Lipinski definition) is 4. The number of sulfonamides is 1. The SMILES string of the molecule is CC1(NS(=O)(=O)c2ccc3c(c2)C(=O)NC(=O)C3)CC1. The molecule has 7 heteroatoms. The monoisotopic (exact) mass is 294 g/mol. The number of benzene rings is 1. The zero-order chi connectivity index (χ0) is 14.5. The summed E-state index contributed by atoms with van der Waals surface area (Å²) in [6, 6.07) is 4.28. The topological polar surface area (TPSA) is 92.3 Å². The van der Waals surface area contributed by atoms with E-state index in [1.165, 1.54) is 18.2 Å². The van der Waals surface area contributed by atoms with E-state index in [0.29, 0.717) is 5.56 Å². The molecule has 0 saturated heterocycles. The minimum Gasteiger partial charge on any atom is -0.292 e. The fourth-order valence-electron chi connectivity index (χ4n) is 2.17. The molecular formula is C13H14N2O4S. The van der Waals surface area contributed by atoms with E-state index in [1.54, 1.807) is 0 Å². The smallest absolute Gasteiger partial charge is 0.258 e. The van der Waals surface area contributed by atoms with E-state index >= 15 is 0 Å². The van der Waals surface area contributed by atoms with Gasteiger partial charge < -0.3 is 0 Å². The van der Waals surface area contributed by atoms with Crippen LogP contribution in [0.3, 0.4) is 0 Å². The third-order valence-electron chi connectivity index (χ3n) is 3.62. The van der Waals surface area contributed by atoms with Gasteiger partial charge in [0.15, 0.2) is 0 Å². The highest BCUT2D eigenvalue weighted by molar-refractivity contribution is 7.89. The molecule has 0 radical (unpaired) electrons. The first kappa shape index (κ1) is 13.3. The average molecular weight is 294 g/mol. The van der Waals surface area contributed by atoms with Gasteiger partial charge in [0, 0.05) is 11.1 Å². The van der Waals surface area contributed by atoms with Crippen molar-refractivity contribution < 1.29 is 18.0 Å². The second-order valence-corrected chi connectivity index (χ2v) is 7.22. The van der Waals surface area contributed by atoms with E-state index in [0.717, 1.165) is 12.8 Å². The summed E-state index contributed by atoms with van der Waals surface area (Å²) in [5.41, 5.74) is 0.427. The highest BCUT2D eigenvalue weighted by Crippen LogP contribution is 2.36. The molecule has 1 aromatic rings. The van der Waals surface area contributed by atoms with Crippen molar-refractivity contribution >= 4 is 21.8 Å². The molecule has 0 unspecified atom stereocenters. The third kappa shape index (κ3) is 2.34. The van der Waals surface area contributed by atoms with Gasteiger partial charge in [-0.05, 0) is 37.5 Å². The molecule has 1 aromatic carbocycles. The zero-order valence-electron chi connectivity index (χ0n) is 10.9. The van der Waals surface area contributed by atoms with E-state index < -0.39 is 15.9 Å². The molecule has 2 N–H and O–H groups in total. The zero-order valence-corrected chi connectivity index (χ0v) is 11.7. The molecule has 0 spiro atoms. The summed E-state index contributed by atoms with van der Waals surface area (Å²) in [6.07, 6.45) is 1.71. The van der Waals surface area contributed by atoms with Crippen LogP contribution in [0.1, 0.15) is 35.7 Å². The van der Waals surface area contributed by atoms with Crippen molar-refractivity contribution in [2.75, 3.05) is 0 Å². The second-order valence-electron chi connectivity index (χ2n) is 5.54. The van der Waals surface area contributed by atoms with Gasteiger partial charge in [-0.15, -0.1) is 0 Å². The van der Waals surface area contributed by atoms with Crippen molar-refractivity contribution in [2.24, 2.45) is 0 Å². The van der Waals surface area contributed by atoms with E-state index in [-0.39, 0.29) is 28.3 Å². The molecule has 106 valence electrons. The van der Waals surface area contributed by atoms with Gasteiger partial charge in [0.25, 0.3) is 5.91 Å². The molecule has 6 nitrogen and oxygen atoms in total. The number of carbonyl (C=O) groups is 2. The maximum Gasteiger partial charge on any atom is 0.258 e. The molecule has 0 aromatic heterocycles. The van der Waals surface area contributed by atoms with Crippen LogP contribution in [-0.2, 0) is 21.2 Å². The molecule has 1 fully saturated rings. The first-order chi connectivity index (χ1) is 9.29. The first-order valence-corrected chi connectivity index (χ1v) is 7.79. The number of imide groups is 1. The lowest BCUT2D eigenvalue weighted by Gasteiger charge is -2.17. The van der Waals surface area contributed by atoms with Gasteiger partial charge in [-0.25, -0.2) is 13.1 Å². The lowest BCUT2D eigenvalue weighted by atomic mass is 10.0. The number of nitrogens with one attached hydrogen (secondary N) is 2. The lowest BCUT2D eigenvalue weighted by molar-refractivity contribution is -0.119. The Morgan fingerprint density at radius 1 is 1.25 bits per heavy atom. The van der Waals surface area contributed by atoms with Crippen LogP contribution in [0.5, 0.6) is 0 Å². The highest BCUT2D eigenvalue weighted by Gasteiger charge is 2.41. The van der Waals surface area contributed by atoms with Crippen molar-refractivity contribution in [2.45, 2.75) is 36.6 Å². The second kappa shape index (κ2) is 4.13. The molecule has 2 aliphatic rings. The predicted octanol–water partition coefficient (Wildman–Crippen LogP) is 0.330. The Bertz CT molecular complexity index is 720. The van der Waals surface area contributed by atoms with Gasteiger partial charge in [0.1, 0.15) is 0 Å². The quantitative estimate of drug-likeness (QED) is 0.786. The molecule has 3 rings (SSSR count). The van der Waals surface area contributed by atoms with Crippen LogP contribution < -0.4 is 10.0 Å². The molecule has 1 saturated carbocycles. The van der Waals surface area contributed by atoms with Crippen LogP contribution in [0.15, 0.2) is 23.1 Å². The molecule has 0 bridgehead atoms. The number of rotatable bonds is 3. The predicted molar refractivity (Wildman–Crippen MR) is 70.6 cm³/mol. The van der Waals surface area contributed by atoms with Crippen LogP contribution in [0.4, 0.5) is 0 Å². The van der Waals surface area contributed by atoms with Gasteiger partial charge >= 0.3 is 0 Å². The Labute approximate surface area is 116 Å². The Kier molecular flexibility index (Phi) is 2.74. The van der Waals surface area contributed by atoms with Crippen molar-refractivity contribution in [3.8, 4) is 0 Å². The van der Waals surface area contributed by atoms with Crippen LogP contribution in [0.25, 0.3) is 0 Å². The van der Waals surface area contributed by atoms with Gasteiger partial charge in [0.05, 0.1) is 11.3 Å². The Morgan fingerprint density at radius 2 is 1.95 bits per heavy atom. The van der Waals surface area contributed by atoms with Crippen LogP contribution in [0, 0.1) is 0 Å². The normalized spacial score (nSPS) is 20.2. The van der Waals surface area contributed by atoms with Gasteiger partial charge in [0.2, 0.25) is 15.9 Å². The summed E-state index contributed by atoms with van der Waals surface area (Å²) < 4.78 is 27.1. The molecule has 20 heavy (non-hydrogen) atoms. The van der Waals surface area contributed by atoms with E-state index in [2.05, 4.69) is 10.0 Å². The van der Waals surface area contributed by atoms with Crippen molar-refractivity contribution in [3.05, 3.63) is 29.3 Å². The van der Waals surface area contributed by atoms with Gasteiger partial charge in [-0.3, -0.25) is 14.9 Å². The summed E-state index contributed by atoms with van der Waals surface area (Å²) in [7, 11) is -3.64. The fraction of sp³-hybridized carbons (Fsp3) is 0.385. The van der Waals surface area contributed by atoms with Crippen LogP contribution in [-0.4, -0.2) is 25.8 Å². The van der Waals surface area contributed by atoms with Crippen molar-refractivity contribution in [1.82, 2.24) is 10.0 Å². The molecule has 2 amide bonds. The van der Waals surface area contributed by atoms with Crippen LogP contribution >= 0.6 is 0 Å². The Morgan fingerprint density at radius 3 is 2.60 bits per heavy atom.